The quantitative estimate of drug-likeness (QED) is 0.372. The SMILES string of the molecule is COc1cccc2c(Nc3ccc(Cl)cc3)nc(N(OCCO)c3ccccc3)nc12. The monoisotopic (exact) mass is 436 g/mol. The van der Waals surface area contributed by atoms with E-state index in [1.807, 2.05) is 60.7 Å². The Morgan fingerprint density at radius 1 is 0.968 bits per heavy atom. The highest BCUT2D eigenvalue weighted by Crippen LogP contribution is 2.34. The lowest BCUT2D eigenvalue weighted by atomic mass is 10.2. The van der Waals surface area contributed by atoms with Gasteiger partial charge in [0.25, 0.3) is 5.95 Å². The van der Waals surface area contributed by atoms with E-state index in [0.717, 1.165) is 16.8 Å². The first-order chi connectivity index (χ1) is 15.2. The zero-order valence-corrected chi connectivity index (χ0v) is 17.6. The van der Waals surface area contributed by atoms with Crippen molar-refractivity contribution in [2.45, 2.75) is 0 Å². The molecule has 0 saturated heterocycles. The van der Waals surface area contributed by atoms with Crippen LogP contribution in [0.4, 0.5) is 23.1 Å². The lowest BCUT2D eigenvalue weighted by Crippen LogP contribution is -2.22. The van der Waals surface area contributed by atoms with Crippen molar-refractivity contribution in [1.29, 1.82) is 0 Å². The zero-order chi connectivity index (χ0) is 21.6. The Morgan fingerprint density at radius 3 is 2.45 bits per heavy atom. The van der Waals surface area contributed by atoms with Crippen molar-refractivity contribution in [2.75, 3.05) is 30.7 Å². The topological polar surface area (TPSA) is 79.7 Å². The third-order valence-corrected chi connectivity index (χ3v) is 4.74. The molecule has 0 aliphatic heterocycles. The van der Waals surface area contributed by atoms with Crippen LogP contribution in [0.25, 0.3) is 10.9 Å². The molecule has 0 amide bonds. The minimum Gasteiger partial charge on any atom is -0.494 e. The summed E-state index contributed by atoms with van der Waals surface area (Å²) in [5.41, 5.74) is 2.17. The molecular formula is C23H21ClN4O3. The molecule has 0 saturated carbocycles. The summed E-state index contributed by atoms with van der Waals surface area (Å²) in [6, 6.07) is 22.4. The van der Waals surface area contributed by atoms with E-state index in [0.29, 0.717) is 28.1 Å². The van der Waals surface area contributed by atoms with Gasteiger partial charge in [0.15, 0.2) is 0 Å². The van der Waals surface area contributed by atoms with E-state index in [4.69, 9.17) is 31.1 Å². The van der Waals surface area contributed by atoms with Gasteiger partial charge in [0.1, 0.15) is 17.1 Å². The Labute approximate surface area is 184 Å². The molecule has 0 fully saturated rings. The number of hydrogen-bond acceptors (Lipinski definition) is 7. The molecular weight excluding hydrogens is 416 g/mol. The molecule has 0 bridgehead atoms. The Kier molecular flexibility index (Phi) is 6.47. The van der Waals surface area contributed by atoms with Crippen molar-refractivity contribution in [3.63, 3.8) is 0 Å². The predicted octanol–water partition coefficient (Wildman–Crippen LogP) is 5.10. The fourth-order valence-electron chi connectivity index (χ4n) is 3.08. The average Bonchev–Trinajstić information content (AvgIpc) is 2.81. The van der Waals surface area contributed by atoms with Crippen molar-refractivity contribution in [1.82, 2.24) is 9.97 Å². The molecule has 1 heterocycles. The van der Waals surface area contributed by atoms with Gasteiger partial charge in [-0.3, -0.25) is 4.84 Å². The highest BCUT2D eigenvalue weighted by atomic mass is 35.5. The standard InChI is InChI=1S/C23H21ClN4O3/c1-30-20-9-5-8-19-21(20)26-23(27-22(19)25-17-12-10-16(24)11-13-17)28(31-15-14-29)18-6-3-2-4-7-18/h2-13,29H,14-15H2,1H3,(H,25,26,27). The van der Waals surface area contributed by atoms with Crippen LogP contribution in [-0.2, 0) is 4.84 Å². The third kappa shape index (κ3) is 4.69. The number of aromatic nitrogens is 2. The van der Waals surface area contributed by atoms with Crippen LogP contribution in [0.15, 0.2) is 72.8 Å². The molecule has 0 spiro atoms. The molecule has 4 rings (SSSR count). The number of nitrogens with zero attached hydrogens (tertiary/aromatic N) is 3. The second kappa shape index (κ2) is 9.61. The van der Waals surface area contributed by atoms with Gasteiger partial charge >= 0.3 is 0 Å². The van der Waals surface area contributed by atoms with E-state index in [-0.39, 0.29) is 13.2 Å². The van der Waals surface area contributed by atoms with Crippen molar-refractivity contribution in [3.8, 4) is 5.75 Å². The van der Waals surface area contributed by atoms with E-state index in [1.165, 1.54) is 5.06 Å². The molecule has 0 radical (unpaired) electrons. The summed E-state index contributed by atoms with van der Waals surface area (Å²) in [6.07, 6.45) is 0. The van der Waals surface area contributed by atoms with Gasteiger partial charge in [-0.25, -0.2) is 4.98 Å². The normalized spacial score (nSPS) is 10.8. The Hall–Kier alpha value is -3.39. The zero-order valence-electron chi connectivity index (χ0n) is 16.8. The highest BCUT2D eigenvalue weighted by Gasteiger charge is 2.19. The van der Waals surface area contributed by atoms with Gasteiger partial charge in [-0.1, -0.05) is 35.9 Å². The van der Waals surface area contributed by atoms with Crippen LogP contribution in [0.3, 0.4) is 0 Å². The summed E-state index contributed by atoms with van der Waals surface area (Å²) < 4.78 is 5.54. The van der Waals surface area contributed by atoms with Gasteiger partial charge in [0.05, 0.1) is 26.0 Å². The Bertz CT molecular complexity index is 1160. The molecule has 0 atom stereocenters. The number of benzene rings is 3. The van der Waals surface area contributed by atoms with Crippen molar-refractivity contribution in [3.05, 3.63) is 77.8 Å². The fraction of sp³-hybridized carbons (Fsp3) is 0.130. The molecule has 7 nitrogen and oxygen atoms in total. The maximum absolute atomic E-state index is 9.30. The van der Waals surface area contributed by atoms with Gasteiger partial charge in [0.2, 0.25) is 0 Å². The smallest absolute Gasteiger partial charge is 0.257 e. The van der Waals surface area contributed by atoms with E-state index in [1.54, 1.807) is 19.2 Å². The molecule has 158 valence electrons. The summed E-state index contributed by atoms with van der Waals surface area (Å²) in [5.74, 6) is 1.48. The number of ether oxygens (including phenoxy) is 1. The van der Waals surface area contributed by atoms with Crippen molar-refractivity contribution in [2.24, 2.45) is 0 Å². The number of hydrogen-bond donors (Lipinski definition) is 2. The van der Waals surface area contributed by atoms with E-state index >= 15 is 0 Å². The van der Waals surface area contributed by atoms with Crippen LogP contribution in [0.5, 0.6) is 5.75 Å². The number of para-hydroxylation sites is 2. The number of aliphatic hydroxyl groups is 1. The summed E-state index contributed by atoms with van der Waals surface area (Å²) >= 11 is 6.02. The second-order valence-corrected chi connectivity index (χ2v) is 6.98. The van der Waals surface area contributed by atoms with Crippen LogP contribution in [0.1, 0.15) is 0 Å². The van der Waals surface area contributed by atoms with Crippen LogP contribution in [0, 0.1) is 0 Å². The Balaban J connectivity index is 1.86. The molecule has 8 heteroatoms. The highest BCUT2D eigenvalue weighted by molar-refractivity contribution is 6.30. The number of methoxy groups -OCH3 is 1. The van der Waals surface area contributed by atoms with Crippen LogP contribution in [-0.4, -0.2) is 35.4 Å². The van der Waals surface area contributed by atoms with E-state index in [9.17, 15) is 5.11 Å². The number of rotatable bonds is 8. The number of aliphatic hydroxyl groups excluding tert-OH is 1. The Morgan fingerprint density at radius 2 is 1.74 bits per heavy atom. The van der Waals surface area contributed by atoms with E-state index < -0.39 is 0 Å². The van der Waals surface area contributed by atoms with Crippen LogP contribution < -0.4 is 15.1 Å². The molecule has 0 unspecified atom stereocenters. The van der Waals surface area contributed by atoms with E-state index in [2.05, 4.69) is 5.32 Å². The lowest BCUT2D eigenvalue weighted by molar-refractivity contribution is 0.0906. The van der Waals surface area contributed by atoms with Gasteiger partial charge < -0.3 is 15.2 Å². The number of nitrogens with one attached hydrogen (secondary N) is 1. The summed E-state index contributed by atoms with van der Waals surface area (Å²) in [4.78, 5) is 15.2. The van der Waals surface area contributed by atoms with Gasteiger partial charge in [-0.2, -0.15) is 10.0 Å². The van der Waals surface area contributed by atoms with Crippen molar-refractivity contribution >= 4 is 45.6 Å². The molecule has 0 aliphatic rings. The summed E-state index contributed by atoms with van der Waals surface area (Å²) in [7, 11) is 1.60. The average molecular weight is 437 g/mol. The molecule has 0 aliphatic carbocycles. The lowest BCUT2D eigenvalue weighted by Gasteiger charge is -2.23. The van der Waals surface area contributed by atoms with Crippen LogP contribution in [0.2, 0.25) is 5.02 Å². The first-order valence-corrected chi connectivity index (χ1v) is 10.0. The number of halogens is 1. The van der Waals surface area contributed by atoms with Crippen LogP contribution >= 0.6 is 11.6 Å². The number of anilines is 4. The van der Waals surface area contributed by atoms with Gasteiger partial charge in [-0.15, -0.1) is 0 Å². The first kappa shape index (κ1) is 20.9. The molecule has 1 aromatic heterocycles. The molecule has 31 heavy (non-hydrogen) atoms. The van der Waals surface area contributed by atoms with Gasteiger partial charge in [-0.05, 0) is 48.5 Å². The first-order valence-electron chi connectivity index (χ1n) is 9.66. The summed E-state index contributed by atoms with van der Waals surface area (Å²) in [5, 5.41) is 15.6. The maximum atomic E-state index is 9.30. The van der Waals surface area contributed by atoms with Gasteiger partial charge in [0, 0.05) is 16.1 Å². The third-order valence-electron chi connectivity index (χ3n) is 4.49. The van der Waals surface area contributed by atoms with Crippen molar-refractivity contribution < 1.29 is 14.7 Å². The molecule has 4 aromatic rings. The minimum atomic E-state index is -0.143. The number of fused-ring (bicyclic) bond motifs is 1. The maximum Gasteiger partial charge on any atom is 0.257 e. The summed E-state index contributed by atoms with van der Waals surface area (Å²) in [6.45, 7) is -0.0573. The predicted molar refractivity (Wildman–Crippen MR) is 122 cm³/mol. The second-order valence-electron chi connectivity index (χ2n) is 6.55. The largest absolute Gasteiger partial charge is 0.494 e. The fourth-order valence-corrected chi connectivity index (χ4v) is 3.20. The molecule has 2 N–H and O–H groups in total. The minimum absolute atomic E-state index is 0.0855. The molecule has 3 aromatic carbocycles.